The average molecular weight is 403 g/mol. The Balaban J connectivity index is 1.78. The number of rotatable bonds is 5. The van der Waals surface area contributed by atoms with Gasteiger partial charge in [0.05, 0.1) is 28.9 Å². The van der Waals surface area contributed by atoms with E-state index in [0.29, 0.717) is 18.8 Å². The first kappa shape index (κ1) is 19.7. The van der Waals surface area contributed by atoms with E-state index >= 15 is 0 Å². The van der Waals surface area contributed by atoms with Gasteiger partial charge in [-0.3, -0.25) is 4.72 Å². The quantitative estimate of drug-likeness (QED) is 0.747. The molecule has 9 heteroatoms. The van der Waals surface area contributed by atoms with E-state index in [1.165, 1.54) is 31.4 Å². The maximum Gasteiger partial charge on any atom is 0.337 e. The summed E-state index contributed by atoms with van der Waals surface area (Å²) in [6.07, 6.45) is 1.92. The summed E-state index contributed by atoms with van der Waals surface area (Å²) in [4.78, 5) is 25.5. The molecule has 1 saturated heterocycles. The first-order chi connectivity index (χ1) is 13.4. The predicted octanol–water partition coefficient (Wildman–Crippen LogP) is 2.90. The zero-order valence-electron chi connectivity index (χ0n) is 15.3. The summed E-state index contributed by atoms with van der Waals surface area (Å²) in [5.41, 5.74) is 0.876. The molecule has 2 amide bonds. The molecule has 0 spiro atoms. The number of para-hydroxylation sites is 2. The largest absolute Gasteiger partial charge is 0.465 e. The van der Waals surface area contributed by atoms with Crippen LogP contribution >= 0.6 is 0 Å². The molecule has 1 aliphatic heterocycles. The molecule has 28 heavy (non-hydrogen) atoms. The first-order valence-corrected chi connectivity index (χ1v) is 10.3. The van der Waals surface area contributed by atoms with Gasteiger partial charge in [0.2, 0.25) is 0 Å². The van der Waals surface area contributed by atoms with E-state index in [1.54, 1.807) is 29.2 Å². The number of likely N-dealkylation sites (tertiary alicyclic amines) is 1. The third kappa shape index (κ3) is 4.42. The second-order valence-electron chi connectivity index (χ2n) is 6.29. The molecule has 0 bridgehead atoms. The van der Waals surface area contributed by atoms with Crippen LogP contribution in [0.1, 0.15) is 23.2 Å². The van der Waals surface area contributed by atoms with Gasteiger partial charge in [-0.2, -0.15) is 0 Å². The van der Waals surface area contributed by atoms with Gasteiger partial charge in [0.1, 0.15) is 0 Å². The highest BCUT2D eigenvalue weighted by atomic mass is 32.2. The van der Waals surface area contributed by atoms with Crippen molar-refractivity contribution in [3.63, 3.8) is 0 Å². The fraction of sp³-hybridized carbons (Fsp3) is 0.263. The number of hydrogen-bond acceptors (Lipinski definition) is 5. The Labute approximate surface area is 163 Å². The van der Waals surface area contributed by atoms with Crippen LogP contribution in [0.3, 0.4) is 0 Å². The number of anilines is 2. The Hall–Kier alpha value is -3.07. The molecule has 1 fully saturated rings. The number of esters is 1. The molecule has 8 nitrogen and oxygen atoms in total. The van der Waals surface area contributed by atoms with Crippen molar-refractivity contribution in [3.8, 4) is 0 Å². The van der Waals surface area contributed by atoms with Crippen LogP contribution in [0.4, 0.5) is 16.2 Å². The minimum Gasteiger partial charge on any atom is -0.465 e. The SMILES string of the molecule is COC(=O)c1ccc(S(=O)(=O)Nc2ccccc2NC(=O)N2CCCC2)cc1. The normalized spacial score (nSPS) is 13.8. The van der Waals surface area contributed by atoms with Crippen molar-refractivity contribution in [2.24, 2.45) is 0 Å². The number of nitrogens with zero attached hydrogens (tertiary/aromatic N) is 1. The molecule has 0 saturated carbocycles. The van der Waals surface area contributed by atoms with Gasteiger partial charge in [-0.15, -0.1) is 0 Å². The third-order valence-electron chi connectivity index (χ3n) is 4.39. The Kier molecular flexibility index (Phi) is 5.84. The van der Waals surface area contributed by atoms with Crippen molar-refractivity contribution in [2.75, 3.05) is 30.2 Å². The minimum atomic E-state index is -3.91. The molecule has 1 aliphatic rings. The van der Waals surface area contributed by atoms with Gasteiger partial charge in [-0.25, -0.2) is 18.0 Å². The van der Waals surface area contributed by atoms with Crippen LogP contribution in [0, 0.1) is 0 Å². The summed E-state index contributed by atoms with van der Waals surface area (Å²) in [6.45, 7) is 1.37. The molecule has 2 aromatic rings. The van der Waals surface area contributed by atoms with Crippen molar-refractivity contribution in [2.45, 2.75) is 17.7 Å². The zero-order valence-corrected chi connectivity index (χ0v) is 16.2. The lowest BCUT2D eigenvalue weighted by Gasteiger charge is -2.18. The molecular formula is C19H21N3O5S. The Morgan fingerprint density at radius 2 is 1.57 bits per heavy atom. The van der Waals surface area contributed by atoms with Gasteiger partial charge in [0.25, 0.3) is 10.0 Å². The molecule has 3 rings (SSSR count). The van der Waals surface area contributed by atoms with Crippen molar-refractivity contribution in [1.29, 1.82) is 0 Å². The molecule has 0 unspecified atom stereocenters. The predicted molar refractivity (Wildman–Crippen MR) is 105 cm³/mol. The summed E-state index contributed by atoms with van der Waals surface area (Å²) in [5, 5.41) is 2.76. The fourth-order valence-corrected chi connectivity index (χ4v) is 3.97. The molecule has 0 aliphatic carbocycles. The Bertz CT molecular complexity index is 967. The van der Waals surface area contributed by atoms with Gasteiger partial charge in [0, 0.05) is 13.1 Å². The number of benzene rings is 2. The number of methoxy groups -OCH3 is 1. The van der Waals surface area contributed by atoms with E-state index in [0.717, 1.165) is 12.8 Å². The van der Waals surface area contributed by atoms with Crippen molar-refractivity contribution in [3.05, 3.63) is 54.1 Å². The molecule has 1 heterocycles. The second kappa shape index (κ2) is 8.30. The number of sulfonamides is 1. The number of urea groups is 1. The van der Waals surface area contributed by atoms with Crippen LogP contribution in [0.5, 0.6) is 0 Å². The molecule has 148 valence electrons. The molecular weight excluding hydrogens is 382 g/mol. The summed E-state index contributed by atoms with van der Waals surface area (Å²) in [5.74, 6) is -0.549. The molecule has 2 N–H and O–H groups in total. The Morgan fingerprint density at radius 1 is 0.964 bits per heavy atom. The van der Waals surface area contributed by atoms with Gasteiger partial charge < -0.3 is 15.0 Å². The molecule has 0 radical (unpaired) electrons. The summed E-state index contributed by atoms with van der Waals surface area (Å²) < 4.78 is 32.5. The van der Waals surface area contributed by atoms with Crippen LogP contribution in [0.2, 0.25) is 0 Å². The van der Waals surface area contributed by atoms with E-state index in [-0.39, 0.29) is 22.2 Å². The standard InChI is InChI=1S/C19H21N3O5S/c1-27-18(23)14-8-10-15(11-9-14)28(25,26)21-17-7-3-2-6-16(17)20-19(24)22-12-4-5-13-22/h2-3,6-11,21H,4-5,12-13H2,1H3,(H,20,24). The lowest BCUT2D eigenvalue weighted by molar-refractivity contribution is 0.0600. The van der Waals surface area contributed by atoms with Gasteiger partial charge in [0.15, 0.2) is 0 Å². The molecule has 0 aromatic heterocycles. The van der Waals surface area contributed by atoms with Crippen LogP contribution in [0.15, 0.2) is 53.4 Å². The monoisotopic (exact) mass is 403 g/mol. The number of hydrogen-bond donors (Lipinski definition) is 2. The number of carbonyl (C=O) groups excluding carboxylic acids is 2. The van der Waals surface area contributed by atoms with Crippen LogP contribution < -0.4 is 10.0 Å². The zero-order chi connectivity index (χ0) is 20.1. The van der Waals surface area contributed by atoms with Gasteiger partial charge in [-0.1, -0.05) is 12.1 Å². The molecule has 0 atom stereocenters. The summed E-state index contributed by atoms with van der Waals surface area (Å²) in [6, 6.07) is 11.7. The summed E-state index contributed by atoms with van der Waals surface area (Å²) in [7, 11) is -2.65. The van der Waals surface area contributed by atoms with Gasteiger partial charge in [-0.05, 0) is 49.2 Å². The maximum atomic E-state index is 12.7. The van der Waals surface area contributed by atoms with Crippen LogP contribution in [0.25, 0.3) is 0 Å². The lowest BCUT2D eigenvalue weighted by Crippen LogP contribution is -2.32. The van der Waals surface area contributed by atoms with Gasteiger partial charge >= 0.3 is 12.0 Å². The second-order valence-corrected chi connectivity index (χ2v) is 7.97. The third-order valence-corrected chi connectivity index (χ3v) is 5.77. The van der Waals surface area contributed by atoms with E-state index in [4.69, 9.17) is 0 Å². The van der Waals surface area contributed by atoms with E-state index in [2.05, 4.69) is 14.8 Å². The number of ether oxygens (including phenoxy) is 1. The topological polar surface area (TPSA) is 105 Å². The highest BCUT2D eigenvalue weighted by Crippen LogP contribution is 2.25. The van der Waals surface area contributed by atoms with Crippen molar-refractivity contribution >= 4 is 33.4 Å². The maximum absolute atomic E-state index is 12.7. The van der Waals surface area contributed by atoms with E-state index in [1.807, 2.05) is 0 Å². The van der Waals surface area contributed by atoms with E-state index in [9.17, 15) is 18.0 Å². The minimum absolute atomic E-state index is 0.0131. The van der Waals surface area contributed by atoms with Crippen LogP contribution in [-0.4, -0.2) is 45.5 Å². The highest BCUT2D eigenvalue weighted by molar-refractivity contribution is 7.92. The smallest absolute Gasteiger partial charge is 0.337 e. The molecule has 2 aromatic carbocycles. The Morgan fingerprint density at radius 3 is 2.18 bits per heavy atom. The lowest BCUT2D eigenvalue weighted by atomic mass is 10.2. The van der Waals surface area contributed by atoms with Crippen LogP contribution in [-0.2, 0) is 14.8 Å². The number of carbonyl (C=O) groups is 2. The van der Waals surface area contributed by atoms with Crippen molar-refractivity contribution in [1.82, 2.24) is 4.90 Å². The first-order valence-electron chi connectivity index (χ1n) is 8.77. The number of nitrogens with one attached hydrogen (secondary N) is 2. The van der Waals surface area contributed by atoms with E-state index < -0.39 is 16.0 Å². The van der Waals surface area contributed by atoms with Crippen molar-refractivity contribution < 1.29 is 22.7 Å². The summed E-state index contributed by atoms with van der Waals surface area (Å²) >= 11 is 0. The average Bonchev–Trinajstić information content (AvgIpc) is 3.24. The number of amides is 2. The highest BCUT2D eigenvalue weighted by Gasteiger charge is 2.21. The fourth-order valence-electron chi connectivity index (χ4n) is 2.89.